The topological polar surface area (TPSA) is 34.1 Å². The summed E-state index contributed by atoms with van der Waals surface area (Å²) in [4.78, 5) is 22.2. The molecule has 15 heavy (non-hydrogen) atoms. The highest BCUT2D eigenvalue weighted by molar-refractivity contribution is 5.96. The first kappa shape index (κ1) is 10.1. The minimum atomic E-state index is 0.206. The Labute approximate surface area is 89.3 Å². The predicted octanol–water partition coefficient (Wildman–Crippen LogP) is 2.87. The summed E-state index contributed by atoms with van der Waals surface area (Å²) >= 11 is 0. The van der Waals surface area contributed by atoms with Crippen molar-refractivity contribution in [3.05, 3.63) is 35.4 Å². The molecule has 1 aromatic rings. The van der Waals surface area contributed by atoms with Crippen molar-refractivity contribution >= 4 is 12.1 Å². The van der Waals surface area contributed by atoms with Crippen molar-refractivity contribution in [1.29, 1.82) is 0 Å². The molecule has 1 aliphatic carbocycles. The highest BCUT2D eigenvalue weighted by Crippen LogP contribution is 2.30. The zero-order valence-corrected chi connectivity index (χ0v) is 8.61. The van der Waals surface area contributed by atoms with Gasteiger partial charge in [-0.2, -0.15) is 0 Å². The van der Waals surface area contributed by atoms with E-state index in [1.165, 1.54) is 19.3 Å². The number of ketones is 1. The second kappa shape index (κ2) is 4.39. The predicted molar refractivity (Wildman–Crippen MR) is 58.1 cm³/mol. The molecule has 1 saturated carbocycles. The monoisotopic (exact) mass is 202 g/mol. The van der Waals surface area contributed by atoms with Gasteiger partial charge in [-0.25, -0.2) is 0 Å². The van der Waals surface area contributed by atoms with Crippen LogP contribution in [0.2, 0.25) is 0 Å². The van der Waals surface area contributed by atoms with Gasteiger partial charge in [0.05, 0.1) is 0 Å². The number of benzene rings is 1. The Morgan fingerprint density at radius 3 is 2.40 bits per heavy atom. The normalized spacial score (nSPS) is 15.7. The molecule has 0 heterocycles. The van der Waals surface area contributed by atoms with E-state index in [9.17, 15) is 9.59 Å². The number of hydrogen-bond donors (Lipinski definition) is 0. The molecule has 1 aliphatic rings. The van der Waals surface area contributed by atoms with Crippen LogP contribution in [-0.4, -0.2) is 12.1 Å². The van der Waals surface area contributed by atoms with Crippen molar-refractivity contribution in [2.24, 2.45) is 5.92 Å². The van der Waals surface area contributed by atoms with E-state index in [1.54, 1.807) is 24.3 Å². The standard InChI is InChI=1S/C13H14O2/c14-9-11-4-6-12(7-5-11)13(15)8-10-2-1-3-10/h4-7,9-10H,1-3,8H2. The summed E-state index contributed by atoms with van der Waals surface area (Å²) in [6.45, 7) is 0. The first-order valence-corrected chi connectivity index (χ1v) is 5.38. The van der Waals surface area contributed by atoms with Gasteiger partial charge in [-0.1, -0.05) is 43.5 Å². The summed E-state index contributed by atoms with van der Waals surface area (Å²) in [6, 6.07) is 6.87. The maximum Gasteiger partial charge on any atom is 0.163 e. The zero-order chi connectivity index (χ0) is 10.7. The maximum absolute atomic E-state index is 11.8. The fraction of sp³-hybridized carbons (Fsp3) is 0.385. The average Bonchev–Trinajstić information content (AvgIpc) is 2.23. The largest absolute Gasteiger partial charge is 0.298 e. The number of carbonyl (C=O) groups excluding carboxylic acids is 2. The minimum absolute atomic E-state index is 0.206. The quantitative estimate of drug-likeness (QED) is 0.555. The van der Waals surface area contributed by atoms with E-state index in [1.807, 2.05) is 0 Å². The summed E-state index contributed by atoms with van der Waals surface area (Å²) in [7, 11) is 0. The van der Waals surface area contributed by atoms with E-state index < -0.39 is 0 Å². The Morgan fingerprint density at radius 2 is 1.93 bits per heavy atom. The van der Waals surface area contributed by atoms with Crippen molar-refractivity contribution in [3.63, 3.8) is 0 Å². The van der Waals surface area contributed by atoms with Crippen LogP contribution < -0.4 is 0 Å². The molecule has 0 aliphatic heterocycles. The Balaban J connectivity index is 2.01. The SMILES string of the molecule is O=Cc1ccc(C(=O)CC2CCC2)cc1. The van der Waals surface area contributed by atoms with Gasteiger partial charge < -0.3 is 0 Å². The lowest BCUT2D eigenvalue weighted by atomic mass is 9.81. The third-order valence-corrected chi connectivity index (χ3v) is 3.07. The molecule has 0 atom stereocenters. The molecule has 2 rings (SSSR count). The molecule has 0 N–H and O–H groups in total. The highest BCUT2D eigenvalue weighted by atomic mass is 16.1. The Morgan fingerprint density at radius 1 is 1.27 bits per heavy atom. The zero-order valence-electron chi connectivity index (χ0n) is 8.61. The van der Waals surface area contributed by atoms with Crippen LogP contribution in [0.5, 0.6) is 0 Å². The third-order valence-electron chi connectivity index (χ3n) is 3.07. The lowest BCUT2D eigenvalue weighted by Gasteiger charge is -2.24. The number of carbonyl (C=O) groups is 2. The van der Waals surface area contributed by atoms with Gasteiger partial charge in [-0.15, -0.1) is 0 Å². The summed E-state index contributed by atoms with van der Waals surface area (Å²) < 4.78 is 0. The first-order chi connectivity index (χ1) is 7.29. The Bertz CT molecular complexity index is 361. The second-order valence-electron chi connectivity index (χ2n) is 4.16. The van der Waals surface area contributed by atoms with E-state index >= 15 is 0 Å². The van der Waals surface area contributed by atoms with Gasteiger partial charge >= 0.3 is 0 Å². The number of hydrogen-bond acceptors (Lipinski definition) is 2. The summed E-state index contributed by atoms with van der Waals surface area (Å²) in [6.07, 6.45) is 5.11. The first-order valence-electron chi connectivity index (χ1n) is 5.38. The van der Waals surface area contributed by atoms with Gasteiger partial charge in [-0.3, -0.25) is 9.59 Å². The molecule has 2 heteroatoms. The fourth-order valence-corrected chi connectivity index (χ4v) is 1.82. The smallest absolute Gasteiger partial charge is 0.163 e. The molecule has 0 amide bonds. The summed E-state index contributed by atoms with van der Waals surface area (Å²) in [5.74, 6) is 0.806. The molecular weight excluding hydrogens is 188 g/mol. The summed E-state index contributed by atoms with van der Waals surface area (Å²) in [5, 5.41) is 0. The number of rotatable bonds is 4. The Hall–Kier alpha value is -1.44. The van der Waals surface area contributed by atoms with Crippen LogP contribution in [0, 0.1) is 5.92 Å². The average molecular weight is 202 g/mol. The van der Waals surface area contributed by atoms with Crippen LogP contribution in [0.25, 0.3) is 0 Å². The van der Waals surface area contributed by atoms with Crippen LogP contribution in [0.3, 0.4) is 0 Å². The van der Waals surface area contributed by atoms with Crippen LogP contribution in [0.1, 0.15) is 46.4 Å². The van der Waals surface area contributed by atoms with Gasteiger partial charge in [0.2, 0.25) is 0 Å². The van der Waals surface area contributed by atoms with E-state index in [2.05, 4.69) is 0 Å². The lowest BCUT2D eigenvalue weighted by molar-refractivity contribution is 0.0936. The van der Waals surface area contributed by atoms with Crippen molar-refractivity contribution in [3.8, 4) is 0 Å². The van der Waals surface area contributed by atoms with Crippen LogP contribution in [-0.2, 0) is 0 Å². The van der Waals surface area contributed by atoms with E-state index in [-0.39, 0.29) is 5.78 Å². The maximum atomic E-state index is 11.8. The van der Waals surface area contributed by atoms with Gasteiger partial charge in [0.25, 0.3) is 0 Å². The fourth-order valence-electron chi connectivity index (χ4n) is 1.82. The van der Waals surface area contributed by atoms with Crippen molar-refractivity contribution < 1.29 is 9.59 Å². The molecule has 0 radical (unpaired) electrons. The number of aldehydes is 1. The molecule has 0 bridgehead atoms. The van der Waals surface area contributed by atoms with Crippen molar-refractivity contribution in [1.82, 2.24) is 0 Å². The lowest BCUT2D eigenvalue weighted by Crippen LogP contribution is -2.15. The van der Waals surface area contributed by atoms with Crippen LogP contribution in [0.15, 0.2) is 24.3 Å². The van der Waals surface area contributed by atoms with E-state index in [4.69, 9.17) is 0 Å². The van der Waals surface area contributed by atoms with Gasteiger partial charge in [0.15, 0.2) is 5.78 Å². The molecule has 0 unspecified atom stereocenters. The van der Waals surface area contributed by atoms with Gasteiger partial charge in [0, 0.05) is 17.5 Å². The Kier molecular flexibility index (Phi) is 2.95. The molecular formula is C13H14O2. The molecule has 0 saturated heterocycles. The van der Waals surface area contributed by atoms with Crippen LogP contribution in [0.4, 0.5) is 0 Å². The van der Waals surface area contributed by atoms with Crippen molar-refractivity contribution in [2.75, 3.05) is 0 Å². The second-order valence-corrected chi connectivity index (χ2v) is 4.16. The van der Waals surface area contributed by atoms with Gasteiger partial charge in [0.1, 0.15) is 6.29 Å². The molecule has 0 spiro atoms. The van der Waals surface area contributed by atoms with Crippen molar-refractivity contribution in [2.45, 2.75) is 25.7 Å². The third kappa shape index (κ3) is 2.32. The van der Waals surface area contributed by atoms with E-state index in [0.717, 1.165) is 11.8 Å². The summed E-state index contributed by atoms with van der Waals surface area (Å²) in [5.41, 5.74) is 1.35. The molecule has 2 nitrogen and oxygen atoms in total. The highest BCUT2D eigenvalue weighted by Gasteiger charge is 2.21. The molecule has 0 aromatic heterocycles. The van der Waals surface area contributed by atoms with E-state index in [0.29, 0.717) is 17.9 Å². The van der Waals surface area contributed by atoms with Gasteiger partial charge in [-0.05, 0) is 5.92 Å². The van der Waals surface area contributed by atoms with Crippen LogP contribution >= 0.6 is 0 Å². The minimum Gasteiger partial charge on any atom is -0.298 e. The molecule has 1 aromatic carbocycles. The molecule has 78 valence electrons. The molecule has 1 fully saturated rings. The number of Topliss-reactive ketones (excluding diaryl/α,β-unsaturated/α-hetero) is 1.